The number of hydrogen-bond donors (Lipinski definition) is 0. The van der Waals surface area contributed by atoms with Crippen LogP contribution in [-0.2, 0) is 0 Å². The highest BCUT2D eigenvalue weighted by Gasteiger charge is 2.20. The van der Waals surface area contributed by atoms with E-state index in [9.17, 15) is 4.79 Å². The average Bonchev–Trinajstić information content (AvgIpc) is 2.37. The van der Waals surface area contributed by atoms with Crippen LogP contribution in [0.15, 0.2) is 18.3 Å². The highest BCUT2D eigenvalue weighted by Crippen LogP contribution is 2.18. The number of amides is 1. The van der Waals surface area contributed by atoms with Gasteiger partial charge < -0.3 is 9.64 Å². The summed E-state index contributed by atoms with van der Waals surface area (Å²) in [6.45, 7) is 1.69. The first-order valence-corrected chi connectivity index (χ1v) is 6.61. The van der Waals surface area contributed by atoms with Crippen LogP contribution in [0.5, 0.6) is 5.88 Å². The van der Waals surface area contributed by atoms with Gasteiger partial charge in [0.25, 0.3) is 5.91 Å². The molecule has 2 heterocycles. The smallest absolute Gasteiger partial charge is 0.259 e. The Labute approximate surface area is 108 Å². The molecular weight excluding hydrogens is 228 g/mol. The van der Waals surface area contributed by atoms with Crippen LogP contribution in [0, 0.1) is 0 Å². The Kier molecular flexibility index (Phi) is 4.56. The molecule has 0 unspecified atom stereocenters. The number of aromatic nitrogens is 1. The van der Waals surface area contributed by atoms with E-state index in [0.29, 0.717) is 11.4 Å². The van der Waals surface area contributed by atoms with Crippen molar-refractivity contribution in [3.8, 4) is 5.88 Å². The Morgan fingerprint density at radius 3 is 2.56 bits per heavy atom. The van der Waals surface area contributed by atoms with Gasteiger partial charge in [-0.15, -0.1) is 0 Å². The number of carbonyl (C=O) groups excluding carboxylic acids is 1. The molecule has 0 spiro atoms. The van der Waals surface area contributed by atoms with Gasteiger partial charge in [0, 0.05) is 19.3 Å². The molecule has 2 rings (SSSR count). The van der Waals surface area contributed by atoms with E-state index in [0.717, 1.165) is 25.9 Å². The van der Waals surface area contributed by atoms with Crippen molar-refractivity contribution in [3.05, 3.63) is 23.9 Å². The van der Waals surface area contributed by atoms with Crippen LogP contribution in [-0.4, -0.2) is 36.0 Å². The van der Waals surface area contributed by atoms with Crippen molar-refractivity contribution >= 4 is 5.91 Å². The Balaban J connectivity index is 2.13. The second kappa shape index (κ2) is 6.38. The van der Waals surface area contributed by atoms with E-state index < -0.39 is 0 Å². The van der Waals surface area contributed by atoms with Crippen molar-refractivity contribution in [2.24, 2.45) is 0 Å². The molecule has 98 valence electrons. The normalized spacial score (nSPS) is 16.8. The van der Waals surface area contributed by atoms with E-state index in [2.05, 4.69) is 4.98 Å². The third-order valence-electron chi connectivity index (χ3n) is 3.34. The second-order valence-electron chi connectivity index (χ2n) is 4.62. The van der Waals surface area contributed by atoms with Gasteiger partial charge in [-0.05, 0) is 25.0 Å². The Hall–Kier alpha value is -1.58. The van der Waals surface area contributed by atoms with Crippen LogP contribution in [0.3, 0.4) is 0 Å². The second-order valence-corrected chi connectivity index (χ2v) is 4.62. The minimum atomic E-state index is 0.0434. The van der Waals surface area contributed by atoms with E-state index in [1.165, 1.54) is 19.3 Å². The first-order chi connectivity index (χ1) is 8.83. The van der Waals surface area contributed by atoms with Gasteiger partial charge in [0.05, 0.1) is 7.11 Å². The van der Waals surface area contributed by atoms with Crippen molar-refractivity contribution in [3.63, 3.8) is 0 Å². The van der Waals surface area contributed by atoms with E-state index in [1.807, 2.05) is 4.90 Å². The predicted molar refractivity (Wildman–Crippen MR) is 69.8 cm³/mol. The highest BCUT2D eigenvalue weighted by atomic mass is 16.5. The molecule has 0 aliphatic carbocycles. The zero-order chi connectivity index (χ0) is 12.8. The predicted octanol–water partition coefficient (Wildman–Crippen LogP) is 2.50. The minimum Gasteiger partial charge on any atom is -0.480 e. The minimum absolute atomic E-state index is 0.0434. The monoisotopic (exact) mass is 248 g/mol. The molecule has 1 aliphatic heterocycles. The molecule has 4 nitrogen and oxygen atoms in total. The molecule has 0 radical (unpaired) electrons. The van der Waals surface area contributed by atoms with Crippen LogP contribution >= 0.6 is 0 Å². The molecule has 1 amide bonds. The largest absolute Gasteiger partial charge is 0.480 e. The maximum Gasteiger partial charge on any atom is 0.259 e. The molecule has 0 atom stereocenters. The quantitative estimate of drug-likeness (QED) is 0.807. The molecule has 1 aromatic rings. The molecule has 1 aliphatic rings. The lowest BCUT2D eigenvalue weighted by atomic mass is 10.1. The number of likely N-dealkylation sites (tertiary alicyclic amines) is 1. The fourth-order valence-corrected chi connectivity index (χ4v) is 2.34. The van der Waals surface area contributed by atoms with E-state index in [4.69, 9.17) is 4.74 Å². The number of ether oxygens (including phenoxy) is 1. The fraction of sp³-hybridized carbons (Fsp3) is 0.571. The van der Waals surface area contributed by atoms with Gasteiger partial charge in [-0.25, -0.2) is 4.98 Å². The Morgan fingerprint density at radius 1 is 1.22 bits per heavy atom. The Bertz CT molecular complexity index is 399. The zero-order valence-electron chi connectivity index (χ0n) is 10.9. The zero-order valence-corrected chi connectivity index (χ0v) is 10.9. The molecule has 0 N–H and O–H groups in total. The lowest BCUT2D eigenvalue weighted by Gasteiger charge is -2.25. The van der Waals surface area contributed by atoms with Crippen molar-refractivity contribution in [2.75, 3.05) is 20.2 Å². The standard InChI is InChI=1S/C14H20N2O2/c1-18-13-12(8-7-9-15-13)14(17)16-10-5-3-2-4-6-11-16/h7-9H,2-6,10-11H2,1H3. The van der Waals surface area contributed by atoms with Crippen molar-refractivity contribution in [1.29, 1.82) is 0 Å². The van der Waals surface area contributed by atoms with Crippen molar-refractivity contribution in [2.45, 2.75) is 32.1 Å². The summed E-state index contributed by atoms with van der Waals surface area (Å²) >= 11 is 0. The molecule has 1 fully saturated rings. The summed E-state index contributed by atoms with van der Waals surface area (Å²) in [5.74, 6) is 0.464. The van der Waals surface area contributed by atoms with Crippen LogP contribution in [0.2, 0.25) is 0 Å². The molecule has 18 heavy (non-hydrogen) atoms. The molecular formula is C14H20N2O2. The lowest BCUT2D eigenvalue weighted by Crippen LogP contribution is -2.34. The number of carbonyl (C=O) groups is 1. The first kappa shape index (κ1) is 12.9. The van der Waals surface area contributed by atoms with Gasteiger partial charge in [0.1, 0.15) is 5.56 Å². The van der Waals surface area contributed by atoms with Gasteiger partial charge >= 0.3 is 0 Å². The average molecular weight is 248 g/mol. The molecule has 0 aromatic carbocycles. The topological polar surface area (TPSA) is 42.4 Å². The SMILES string of the molecule is COc1ncccc1C(=O)N1CCCCCCC1. The Morgan fingerprint density at radius 2 is 1.89 bits per heavy atom. The summed E-state index contributed by atoms with van der Waals surface area (Å²) in [6.07, 6.45) is 7.55. The van der Waals surface area contributed by atoms with Gasteiger partial charge in [0.15, 0.2) is 0 Å². The number of hydrogen-bond acceptors (Lipinski definition) is 3. The van der Waals surface area contributed by atoms with E-state index >= 15 is 0 Å². The maximum absolute atomic E-state index is 12.5. The first-order valence-electron chi connectivity index (χ1n) is 6.61. The summed E-state index contributed by atoms with van der Waals surface area (Å²) in [7, 11) is 1.55. The van der Waals surface area contributed by atoms with Crippen LogP contribution < -0.4 is 4.74 Å². The third-order valence-corrected chi connectivity index (χ3v) is 3.34. The fourth-order valence-electron chi connectivity index (χ4n) is 2.34. The van der Waals surface area contributed by atoms with Gasteiger partial charge in [-0.3, -0.25) is 4.79 Å². The molecule has 1 saturated heterocycles. The summed E-state index contributed by atoms with van der Waals surface area (Å²) in [6, 6.07) is 3.56. The molecule has 1 aromatic heterocycles. The van der Waals surface area contributed by atoms with Gasteiger partial charge in [-0.1, -0.05) is 19.3 Å². The van der Waals surface area contributed by atoms with E-state index in [1.54, 1.807) is 25.4 Å². The number of rotatable bonds is 2. The van der Waals surface area contributed by atoms with Crippen molar-refractivity contribution < 1.29 is 9.53 Å². The highest BCUT2D eigenvalue weighted by molar-refractivity contribution is 5.96. The number of methoxy groups -OCH3 is 1. The van der Waals surface area contributed by atoms with Gasteiger partial charge in [-0.2, -0.15) is 0 Å². The maximum atomic E-state index is 12.5. The number of pyridine rings is 1. The van der Waals surface area contributed by atoms with Gasteiger partial charge in [0.2, 0.25) is 5.88 Å². The summed E-state index contributed by atoms with van der Waals surface area (Å²) < 4.78 is 5.15. The van der Waals surface area contributed by atoms with Crippen LogP contribution in [0.25, 0.3) is 0 Å². The lowest BCUT2D eigenvalue weighted by molar-refractivity contribution is 0.0738. The van der Waals surface area contributed by atoms with Crippen LogP contribution in [0.1, 0.15) is 42.5 Å². The van der Waals surface area contributed by atoms with Crippen LogP contribution in [0.4, 0.5) is 0 Å². The molecule has 0 bridgehead atoms. The summed E-state index contributed by atoms with van der Waals surface area (Å²) in [5, 5.41) is 0. The van der Waals surface area contributed by atoms with Crippen molar-refractivity contribution in [1.82, 2.24) is 9.88 Å². The van der Waals surface area contributed by atoms with E-state index in [-0.39, 0.29) is 5.91 Å². The molecule has 0 saturated carbocycles. The number of nitrogens with zero attached hydrogens (tertiary/aromatic N) is 2. The molecule has 4 heteroatoms. The summed E-state index contributed by atoms with van der Waals surface area (Å²) in [4.78, 5) is 18.5. The third kappa shape index (κ3) is 3.00. The summed E-state index contributed by atoms with van der Waals surface area (Å²) in [5.41, 5.74) is 0.570.